The molecule has 2 heterocycles. The Labute approximate surface area is 94.9 Å². The van der Waals surface area contributed by atoms with Gasteiger partial charge >= 0.3 is 0 Å². The first-order chi connectivity index (χ1) is 7.66. The molecule has 1 aromatic heterocycles. The standard InChI is InChI=1S/C11H16N4O/c1-14-3-2-4-15(8-11(14)16)10-5-9(12)6-13-7-10/h5-7H,2-4,8,12H2,1H3. The third kappa shape index (κ3) is 2.24. The molecule has 1 amide bonds. The summed E-state index contributed by atoms with van der Waals surface area (Å²) in [5, 5.41) is 0. The molecule has 0 aliphatic carbocycles. The van der Waals surface area contributed by atoms with Gasteiger partial charge in [-0.15, -0.1) is 0 Å². The third-order valence-corrected chi connectivity index (χ3v) is 2.78. The van der Waals surface area contributed by atoms with Crippen LogP contribution in [0.1, 0.15) is 6.42 Å². The summed E-state index contributed by atoms with van der Waals surface area (Å²) in [4.78, 5) is 19.5. The summed E-state index contributed by atoms with van der Waals surface area (Å²) in [6.07, 6.45) is 4.32. The number of nitrogens with zero attached hydrogens (tertiary/aromatic N) is 3. The van der Waals surface area contributed by atoms with E-state index in [1.165, 1.54) is 0 Å². The molecule has 1 aliphatic heterocycles. The molecule has 16 heavy (non-hydrogen) atoms. The fraction of sp³-hybridized carbons (Fsp3) is 0.455. The highest BCUT2D eigenvalue weighted by Gasteiger charge is 2.19. The van der Waals surface area contributed by atoms with E-state index >= 15 is 0 Å². The Hall–Kier alpha value is -1.78. The van der Waals surface area contributed by atoms with Gasteiger partial charge in [0.2, 0.25) is 5.91 Å². The lowest BCUT2D eigenvalue weighted by Crippen LogP contribution is -2.34. The minimum absolute atomic E-state index is 0.139. The number of carbonyl (C=O) groups excluding carboxylic acids is 1. The van der Waals surface area contributed by atoms with Gasteiger partial charge in [-0.2, -0.15) is 0 Å². The zero-order valence-corrected chi connectivity index (χ0v) is 9.39. The maximum absolute atomic E-state index is 11.7. The number of nitrogens with two attached hydrogens (primary N) is 1. The van der Waals surface area contributed by atoms with Gasteiger partial charge in [-0.1, -0.05) is 0 Å². The van der Waals surface area contributed by atoms with E-state index in [-0.39, 0.29) is 5.91 Å². The van der Waals surface area contributed by atoms with Gasteiger partial charge in [0.15, 0.2) is 0 Å². The minimum atomic E-state index is 0.139. The second kappa shape index (κ2) is 4.38. The molecule has 5 nitrogen and oxygen atoms in total. The summed E-state index contributed by atoms with van der Waals surface area (Å²) >= 11 is 0. The maximum atomic E-state index is 11.7. The van der Waals surface area contributed by atoms with E-state index < -0.39 is 0 Å². The van der Waals surface area contributed by atoms with Gasteiger partial charge in [0, 0.05) is 26.3 Å². The van der Waals surface area contributed by atoms with Gasteiger partial charge in [-0.05, 0) is 12.5 Å². The summed E-state index contributed by atoms with van der Waals surface area (Å²) in [7, 11) is 1.84. The minimum Gasteiger partial charge on any atom is -0.397 e. The van der Waals surface area contributed by atoms with E-state index in [9.17, 15) is 4.79 Å². The van der Waals surface area contributed by atoms with Crippen molar-refractivity contribution in [3.63, 3.8) is 0 Å². The van der Waals surface area contributed by atoms with E-state index in [0.717, 1.165) is 25.2 Å². The Morgan fingerprint density at radius 1 is 1.38 bits per heavy atom. The Morgan fingerprint density at radius 3 is 2.94 bits per heavy atom. The third-order valence-electron chi connectivity index (χ3n) is 2.78. The van der Waals surface area contributed by atoms with Crippen LogP contribution in [0.15, 0.2) is 18.5 Å². The normalized spacial score (nSPS) is 17.4. The second-order valence-electron chi connectivity index (χ2n) is 4.07. The molecule has 0 unspecified atom stereocenters. The van der Waals surface area contributed by atoms with Crippen molar-refractivity contribution in [3.8, 4) is 0 Å². The largest absolute Gasteiger partial charge is 0.397 e. The summed E-state index contributed by atoms with van der Waals surface area (Å²) in [5.74, 6) is 0.139. The van der Waals surface area contributed by atoms with Crippen LogP contribution in [-0.4, -0.2) is 42.5 Å². The highest BCUT2D eigenvalue weighted by Crippen LogP contribution is 2.17. The zero-order valence-electron chi connectivity index (χ0n) is 9.39. The quantitative estimate of drug-likeness (QED) is 0.741. The topological polar surface area (TPSA) is 62.5 Å². The van der Waals surface area contributed by atoms with Gasteiger partial charge < -0.3 is 15.5 Å². The number of carbonyl (C=O) groups is 1. The first-order valence-electron chi connectivity index (χ1n) is 5.36. The molecule has 1 aromatic rings. The number of rotatable bonds is 1. The first kappa shape index (κ1) is 10.7. The van der Waals surface area contributed by atoms with Crippen molar-refractivity contribution >= 4 is 17.3 Å². The van der Waals surface area contributed by atoms with Crippen molar-refractivity contribution in [3.05, 3.63) is 18.5 Å². The first-order valence-corrected chi connectivity index (χ1v) is 5.36. The van der Waals surface area contributed by atoms with Crippen LogP contribution < -0.4 is 10.6 Å². The van der Waals surface area contributed by atoms with Crippen molar-refractivity contribution in [1.29, 1.82) is 0 Å². The fourth-order valence-corrected chi connectivity index (χ4v) is 1.82. The fourth-order valence-electron chi connectivity index (χ4n) is 1.82. The summed E-state index contributed by atoms with van der Waals surface area (Å²) in [6.45, 7) is 2.08. The van der Waals surface area contributed by atoms with Crippen LogP contribution in [0, 0.1) is 0 Å². The summed E-state index contributed by atoms with van der Waals surface area (Å²) in [5.41, 5.74) is 7.23. The molecule has 0 atom stereocenters. The second-order valence-corrected chi connectivity index (χ2v) is 4.07. The van der Waals surface area contributed by atoms with Gasteiger partial charge in [-0.3, -0.25) is 9.78 Å². The highest BCUT2D eigenvalue weighted by molar-refractivity contribution is 5.81. The van der Waals surface area contributed by atoms with Crippen molar-refractivity contribution in [2.24, 2.45) is 0 Å². The zero-order chi connectivity index (χ0) is 11.5. The monoisotopic (exact) mass is 220 g/mol. The number of aromatic nitrogens is 1. The predicted molar refractivity (Wildman–Crippen MR) is 63.1 cm³/mol. The number of likely N-dealkylation sites (N-methyl/N-ethyl adjacent to an activating group) is 1. The number of pyridine rings is 1. The highest BCUT2D eigenvalue weighted by atomic mass is 16.2. The molecular weight excluding hydrogens is 204 g/mol. The molecule has 1 fully saturated rings. The van der Waals surface area contributed by atoms with Crippen molar-refractivity contribution < 1.29 is 4.79 Å². The lowest BCUT2D eigenvalue weighted by molar-refractivity contribution is -0.127. The van der Waals surface area contributed by atoms with E-state index in [1.54, 1.807) is 17.3 Å². The lowest BCUT2D eigenvalue weighted by Gasteiger charge is -2.21. The SMILES string of the molecule is CN1CCCN(c2cncc(N)c2)CC1=O. The van der Waals surface area contributed by atoms with Crippen LogP contribution in [0.3, 0.4) is 0 Å². The van der Waals surface area contributed by atoms with E-state index in [2.05, 4.69) is 4.98 Å². The van der Waals surface area contributed by atoms with E-state index in [1.807, 2.05) is 18.0 Å². The van der Waals surface area contributed by atoms with Crippen molar-refractivity contribution in [2.75, 3.05) is 37.3 Å². The molecule has 0 spiro atoms. The number of hydrogen-bond acceptors (Lipinski definition) is 4. The van der Waals surface area contributed by atoms with Gasteiger partial charge in [-0.25, -0.2) is 0 Å². The molecular formula is C11H16N4O. The summed E-state index contributed by atoms with van der Waals surface area (Å²) < 4.78 is 0. The number of anilines is 2. The average Bonchev–Trinajstić information content (AvgIpc) is 2.42. The molecule has 0 bridgehead atoms. The van der Waals surface area contributed by atoms with Crippen LogP contribution in [0.5, 0.6) is 0 Å². The average molecular weight is 220 g/mol. The number of hydrogen-bond donors (Lipinski definition) is 1. The van der Waals surface area contributed by atoms with Crippen LogP contribution in [0.4, 0.5) is 11.4 Å². The molecule has 5 heteroatoms. The summed E-state index contributed by atoms with van der Waals surface area (Å²) in [6, 6.07) is 1.85. The molecule has 2 N–H and O–H groups in total. The van der Waals surface area contributed by atoms with Crippen LogP contribution in [-0.2, 0) is 4.79 Å². The molecule has 0 aromatic carbocycles. The molecule has 0 radical (unpaired) electrons. The lowest BCUT2D eigenvalue weighted by atomic mass is 10.3. The molecule has 86 valence electrons. The van der Waals surface area contributed by atoms with Crippen LogP contribution in [0.25, 0.3) is 0 Å². The van der Waals surface area contributed by atoms with Crippen LogP contribution >= 0.6 is 0 Å². The maximum Gasteiger partial charge on any atom is 0.241 e. The van der Waals surface area contributed by atoms with E-state index in [0.29, 0.717) is 12.2 Å². The molecule has 0 saturated carbocycles. The van der Waals surface area contributed by atoms with Crippen LogP contribution in [0.2, 0.25) is 0 Å². The van der Waals surface area contributed by atoms with Gasteiger partial charge in [0.05, 0.1) is 24.1 Å². The Balaban J connectivity index is 2.18. The Kier molecular flexibility index (Phi) is 2.94. The van der Waals surface area contributed by atoms with Gasteiger partial charge in [0.25, 0.3) is 0 Å². The van der Waals surface area contributed by atoms with Gasteiger partial charge in [0.1, 0.15) is 0 Å². The number of nitrogen functional groups attached to an aromatic ring is 1. The smallest absolute Gasteiger partial charge is 0.241 e. The molecule has 2 rings (SSSR count). The Morgan fingerprint density at radius 2 is 2.19 bits per heavy atom. The predicted octanol–water partition coefficient (Wildman–Crippen LogP) is 0.332. The molecule has 1 aliphatic rings. The Bertz CT molecular complexity index is 393. The number of amides is 1. The van der Waals surface area contributed by atoms with Crippen molar-refractivity contribution in [1.82, 2.24) is 9.88 Å². The van der Waals surface area contributed by atoms with E-state index in [4.69, 9.17) is 5.73 Å². The molecule has 1 saturated heterocycles. The van der Waals surface area contributed by atoms with Crippen molar-refractivity contribution in [2.45, 2.75) is 6.42 Å².